The molecule has 2 aromatic carbocycles. The Morgan fingerprint density at radius 2 is 1.92 bits per heavy atom. The fraction of sp³-hybridized carbons (Fsp3) is 0.222. The Labute approximate surface area is 144 Å². The minimum Gasteiger partial charge on any atom is -0.327 e. The van der Waals surface area contributed by atoms with Crippen LogP contribution in [-0.2, 0) is 4.79 Å². The summed E-state index contributed by atoms with van der Waals surface area (Å²) in [5.41, 5.74) is 0.965. The van der Waals surface area contributed by atoms with Crippen LogP contribution in [0.15, 0.2) is 48.5 Å². The maximum Gasteiger partial charge on any atom is 0.254 e. The molecule has 0 saturated carbocycles. The van der Waals surface area contributed by atoms with E-state index in [4.69, 9.17) is 11.6 Å². The predicted molar refractivity (Wildman–Crippen MR) is 90.5 cm³/mol. The highest BCUT2D eigenvalue weighted by Crippen LogP contribution is 2.23. The lowest BCUT2D eigenvalue weighted by atomic mass is 10.1. The molecule has 1 saturated heterocycles. The maximum atomic E-state index is 13.2. The van der Waals surface area contributed by atoms with Gasteiger partial charge in [0.05, 0.1) is 5.02 Å². The van der Waals surface area contributed by atoms with Crippen LogP contribution < -0.4 is 5.32 Å². The van der Waals surface area contributed by atoms with Gasteiger partial charge in [-0.15, -0.1) is 0 Å². The number of carbonyl (C=O) groups is 2. The Kier molecular flexibility index (Phi) is 4.81. The molecule has 3 rings (SSSR count). The van der Waals surface area contributed by atoms with Gasteiger partial charge in [-0.25, -0.2) is 4.39 Å². The normalized spacial score (nSPS) is 16.9. The van der Waals surface area contributed by atoms with E-state index in [1.165, 1.54) is 18.2 Å². The molecule has 2 amide bonds. The van der Waals surface area contributed by atoms with E-state index in [2.05, 4.69) is 5.32 Å². The predicted octanol–water partition coefficient (Wildman–Crippen LogP) is 3.72. The van der Waals surface area contributed by atoms with Crippen LogP contribution in [0.1, 0.15) is 23.2 Å². The number of hydrogen-bond acceptors (Lipinski definition) is 2. The lowest BCUT2D eigenvalue weighted by Crippen LogP contribution is -2.43. The van der Waals surface area contributed by atoms with Crippen LogP contribution in [0.3, 0.4) is 0 Å². The van der Waals surface area contributed by atoms with Gasteiger partial charge < -0.3 is 10.2 Å². The fourth-order valence-electron chi connectivity index (χ4n) is 2.83. The molecule has 0 radical (unpaired) electrons. The molecule has 1 fully saturated rings. The largest absolute Gasteiger partial charge is 0.327 e. The zero-order valence-electron chi connectivity index (χ0n) is 12.8. The molecule has 0 spiro atoms. The van der Waals surface area contributed by atoms with Crippen LogP contribution in [0, 0.1) is 5.82 Å². The van der Waals surface area contributed by atoms with E-state index >= 15 is 0 Å². The molecule has 24 heavy (non-hydrogen) atoms. The highest BCUT2D eigenvalue weighted by Gasteiger charge is 2.34. The lowest BCUT2D eigenvalue weighted by molar-refractivity contribution is -0.119. The van der Waals surface area contributed by atoms with Crippen molar-refractivity contribution in [2.45, 2.75) is 18.9 Å². The molecule has 0 bridgehead atoms. The van der Waals surface area contributed by atoms with Gasteiger partial charge in [-0.2, -0.15) is 0 Å². The Hall–Kier alpha value is -2.40. The van der Waals surface area contributed by atoms with E-state index < -0.39 is 11.9 Å². The molecule has 1 N–H and O–H groups in total. The molecule has 1 aliphatic rings. The summed E-state index contributed by atoms with van der Waals surface area (Å²) in [5, 5.41) is 2.65. The second kappa shape index (κ2) is 7.01. The molecule has 2 aromatic rings. The van der Waals surface area contributed by atoms with Crippen LogP contribution in [0.2, 0.25) is 5.02 Å². The zero-order chi connectivity index (χ0) is 17.1. The van der Waals surface area contributed by atoms with Gasteiger partial charge >= 0.3 is 0 Å². The Balaban J connectivity index is 1.74. The first kappa shape index (κ1) is 16.5. The Morgan fingerprint density at radius 1 is 1.17 bits per heavy atom. The summed E-state index contributed by atoms with van der Waals surface area (Å²) in [6.45, 7) is 0.538. The number of carbonyl (C=O) groups excluding carboxylic acids is 2. The number of benzene rings is 2. The van der Waals surface area contributed by atoms with Crippen LogP contribution in [-0.4, -0.2) is 29.3 Å². The van der Waals surface area contributed by atoms with Crippen molar-refractivity contribution < 1.29 is 14.0 Å². The number of anilines is 1. The van der Waals surface area contributed by atoms with Crippen molar-refractivity contribution >= 4 is 29.1 Å². The second-order valence-electron chi connectivity index (χ2n) is 5.64. The van der Waals surface area contributed by atoms with E-state index in [1.807, 2.05) is 6.07 Å². The van der Waals surface area contributed by atoms with E-state index in [9.17, 15) is 14.0 Å². The summed E-state index contributed by atoms with van der Waals surface area (Å²) in [4.78, 5) is 26.7. The van der Waals surface area contributed by atoms with Crippen molar-refractivity contribution in [1.82, 2.24) is 4.90 Å². The molecule has 1 aliphatic heterocycles. The number of halogens is 2. The first-order valence-electron chi connectivity index (χ1n) is 7.68. The molecule has 124 valence electrons. The molecule has 1 unspecified atom stereocenters. The molecule has 1 heterocycles. The van der Waals surface area contributed by atoms with Crippen molar-refractivity contribution in [2.75, 3.05) is 11.9 Å². The molecular formula is C18H16ClFN2O2. The molecule has 0 aliphatic carbocycles. The number of nitrogens with one attached hydrogen (secondary N) is 1. The van der Waals surface area contributed by atoms with E-state index in [0.29, 0.717) is 24.2 Å². The van der Waals surface area contributed by atoms with Gasteiger partial charge in [0.15, 0.2) is 0 Å². The summed E-state index contributed by atoms with van der Waals surface area (Å²) in [5.74, 6) is -0.999. The summed E-state index contributed by atoms with van der Waals surface area (Å²) >= 11 is 5.73. The minimum absolute atomic E-state index is 0.0589. The summed E-state index contributed by atoms with van der Waals surface area (Å²) in [6.07, 6.45) is 1.36. The van der Waals surface area contributed by atoms with E-state index in [-0.39, 0.29) is 16.8 Å². The second-order valence-corrected chi connectivity index (χ2v) is 6.05. The standard InChI is InChI=1S/C18H16ClFN2O2/c19-14-11-13(8-9-15(14)20)21-17(23)16-7-4-10-22(16)18(24)12-5-2-1-3-6-12/h1-3,5-6,8-9,11,16H,4,7,10H2,(H,21,23). The van der Waals surface area contributed by atoms with Crippen molar-refractivity contribution in [3.05, 3.63) is 64.9 Å². The van der Waals surface area contributed by atoms with Gasteiger partial charge in [0.25, 0.3) is 5.91 Å². The Bertz CT molecular complexity index is 767. The SMILES string of the molecule is O=C(Nc1ccc(F)c(Cl)c1)C1CCCN1C(=O)c1ccccc1. The quantitative estimate of drug-likeness (QED) is 0.920. The van der Waals surface area contributed by atoms with E-state index in [0.717, 1.165) is 6.42 Å². The van der Waals surface area contributed by atoms with Gasteiger partial charge in [-0.1, -0.05) is 29.8 Å². The summed E-state index contributed by atoms with van der Waals surface area (Å²) in [7, 11) is 0. The first-order chi connectivity index (χ1) is 11.6. The van der Waals surface area contributed by atoms with Crippen molar-refractivity contribution in [3.63, 3.8) is 0 Å². The van der Waals surface area contributed by atoms with Crippen LogP contribution in [0.4, 0.5) is 10.1 Å². The summed E-state index contributed by atoms with van der Waals surface area (Å²) in [6, 6.07) is 12.3. The summed E-state index contributed by atoms with van der Waals surface area (Å²) < 4.78 is 13.2. The zero-order valence-corrected chi connectivity index (χ0v) is 13.6. The van der Waals surface area contributed by atoms with Gasteiger partial charge in [-0.05, 0) is 43.2 Å². The molecule has 0 aromatic heterocycles. The van der Waals surface area contributed by atoms with Gasteiger partial charge in [0.1, 0.15) is 11.9 Å². The van der Waals surface area contributed by atoms with Crippen molar-refractivity contribution in [2.24, 2.45) is 0 Å². The van der Waals surface area contributed by atoms with Gasteiger partial charge in [0.2, 0.25) is 5.91 Å². The number of amides is 2. The van der Waals surface area contributed by atoms with E-state index in [1.54, 1.807) is 29.2 Å². The average Bonchev–Trinajstić information content (AvgIpc) is 3.08. The Morgan fingerprint density at radius 3 is 2.62 bits per heavy atom. The number of hydrogen-bond donors (Lipinski definition) is 1. The molecule has 4 nitrogen and oxygen atoms in total. The molecular weight excluding hydrogens is 331 g/mol. The first-order valence-corrected chi connectivity index (χ1v) is 8.06. The smallest absolute Gasteiger partial charge is 0.254 e. The minimum atomic E-state index is -0.545. The third-order valence-corrected chi connectivity index (χ3v) is 4.31. The van der Waals surface area contributed by atoms with Crippen molar-refractivity contribution in [1.29, 1.82) is 0 Å². The monoisotopic (exact) mass is 346 g/mol. The fourth-order valence-corrected chi connectivity index (χ4v) is 3.01. The van der Waals surface area contributed by atoms with Crippen molar-refractivity contribution in [3.8, 4) is 0 Å². The lowest BCUT2D eigenvalue weighted by Gasteiger charge is -2.24. The average molecular weight is 347 g/mol. The number of likely N-dealkylation sites (tertiary alicyclic amines) is 1. The van der Waals surface area contributed by atoms with Gasteiger partial charge in [0, 0.05) is 17.8 Å². The maximum absolute atomic E-state index is 13.2. The molecule has 1 atom stereocenters. The molecule has 6 heteroatoms. The van der Waals surface area contributed by atoms with Gasteiger partial charge in [-0.3, -0.25) is 9.59 Å². The highest BCUT2D eigenvalue weighted by molar-refractivity contribution is 6.31. The number of rotatable bonds is 3. The highest BCUT2D eigenvalue weighted by atomic mass is 35.5. The van der Waals surface area contributed by atoms with Crippen LogP contribution in [0.5, 0.6) is 0 Å². The number of nitrogens with zero attached hydrogens (tertiary/aromatic N) is 1. The topological polar surface area (TPSA) is 49.4 Å². The third-order valence-electron chi connectivity index (χ3n) is 4.02. The third kappa shape index (κ3) is 3.41. The van der Waals surface area contributed by atoms with Crippen LogP contribution >= 0.6 is 11.6 Å². The van der Waals surface area contributed by atoms with Crippen LogP contribution in [0.25, 0.3) is 0 Å².